The molecule has 0 fully saturated rings. The first-order valence-electron chi connectivity index (χ1n) is 12.2. The van der Waals surface area contributed by atoms with Crippen molar-refractivity contribution in [2.24, 2.45) is 5.10 Å². The van der Waals surface area contributed by atoms with Crippen LogP contribution in [0.1, 0.15) is 37.3 Å². The van der Waals surface area contributed by atoms with Crippen LogP contribution in [0.4, 0.5) is 11.4 Å². The van der Waals surface area contributed by atoms with Gasteiger partial charge in [0.2, 0.25) is 17.7 Å². The van der Waals surface area contributed by atoms with Crippen molar-refractivity contribution < 1.29 is 14.4 Å². The summed E-state index contributed by atoms with van der Waals surface area (Å²) >= 11 is 0. The van der Waals surface area contributed by atoms with Gasteiger partial charge in [-0.1, -0.05) is 60.7 Å². The number of hydrogen-bond donors (Lipinski definition) is 1. The van der Waals surface area contributed by atoms with E-state index in [1.807, 2.05) is 79.7 Å². The minimum Gasteiger partial charge on any atom is -0.326 e. The van der Waals surface area contributed by atoms with Crippen LogP contribution in [0.5, 0.6) is 0 Å². The molecule has 0 aromatic heterocycles. The van der Waals surface area contributed by atoms with E-state index in [1.54, 1.807) is 17.0 Å². The summed E-state index contributed by atoms with van der Waals surface area (Å²) in [5, 5.41) is 8.71. The summed E-state index contributed by atoms with van der Waals surface area (Å²) in [5.41, 5.74) is 4.27. The monoisotopic (exact) mass is 482 g/mol. The maximum absolute atomic E-state index is 12.8. The lowest BCUT2D eigenvalue weighted by Gasteiger charge is -2.21. The second-order valence-corrected chi connectivity index (χ2v) is 8.58. The van der Waals surface area contributed by atoms with Gasteiger partial charge in [0.25, 0.3) is 0 Å². The minimum atomic E-state index is -0.236. The standard InChI is InChI=1S/C29H30N4O3/c1-2-32(25-11-7-4-8-12-25)29(36)21-22-13-15-24(16-14-22)30-27(34)17-18-28(35)33-20-19-26(31-33)23-9-5-3-6-10-23/h3-16H,2,17-21H2,1H3,(H,30,34). The van der Waals surface area contributed by atoms with Crippen LogP contribution in [0.15, 0.2) is 90.0 Å². The minimum absolute atomic E-state index is 0.0130. The van der Waals surface area contributed by atoms with Gasteiger partial charge in [-0.3, -0.25) is 14.4 Å². The highest BCUT2D eigenvalue weighted by Gasteiger charge is 2.22. The highest BCUT2D eigenvalue weighted by molar-refractivity contribution is 6.03. The molecule has 3 amide bonds. The van der Waals surface area contributed by atoms with Crippen molar-refractivity contribution in [2.45, 2.75) is 32.6 Å². The molecular formula is C29H30N4O3. The van der Waals surface area contributed by atoms with Crippen molar-refractivity contribution in [1.82, 2.24) is 5.01 Å². The molecule has 0 saturated heterocycles. The zero-order valence-electron chi connectivity index (χ0n) is 20.4. The van der Waals surface area contributed by atoms with E-state index in [1.165, 1.54) is 5.01 Å². The number of carbonyl (C=O) groups is 3. The fourth-order valence-corrected chi connectivity index (χ4v) is 4.13. The van der Waals surface area contributed by atoms with Gasteiger partial charge in [0.05, 0.1) is 18.7 Å². The third-order valence-electron chi connectivity index (χ3n) is 6.04. The number of rotatable bonds is 9. The van der Waals surface area contributed by atoms with Crippen LogP contribution in [0.3, 0.4) is 0 Å². The van der Waals surface area contributed by atoms with Crippen LogP contribution in [0, 0.1) is 0 Å². The number of amides is 3. The molecular weight excluding hydrogens is 452 g/mol. The molecule has 0 spiro atoms. The van der Waals surface area contributed by atoms with Gasteiger partial charge in [0, 0.05) is 37.2 Å². The van der Waals surface area contributed by atoms with Crippen molar-refractivity contribution in [3.8, 4) is 0 Å². The Morgan fingerprint density at radius 3 is 2.22 bits per heavy atom. The molecule has 1 aliphatic rings. The first-order chi connectivity index (χ1) is 17.5. The van der Waals surface area contributed by atoms with Crippen molar-refractivity contribution >= 4 is 34.8 Å². The van der Waals surface area contributed by atoms with E-state index in [4.69, 9.17) is 0 Å². The summed E-state index contributed by atoms with van der Waals surface area (Å²) in [7, 11) is 0. The average Bonchev–Trinajstić information content (AvgIpc) is 3.41. The predicted molar refractivity (Wildman–Crippen MR) is 142 cm³/mol. The van der Waals surface area contributed by atoms with Gasteiger partial charge in [-0.15, -0.1) is 0 Å². The number of likely N-dealkylation sites (N-methyl/N-ethyl adjacent to an activating group) is 1. The highest BCUT2D eigenvalue weighted by atomic mass is 16.2. The molecule has 3 aromatic carbocycles. The molecule has 184 valence electrons. The molecule has 36 heavy (non-hydrogen) atoms. The Morgan fingerprint density at radius 1 is 0.889 bits per heavy atom. The van der Waals surface area contributed by atoms with E-state index in [0.29, 0.717) is 25.2 Å². The fourth-order valence-electron chi connectivity index (χ4n) is 4.13. The van der Waals surface area contributed by atoms with Gasteiger partial charge >= 0.3 is 0 Å². The highest BCUT2D eigenvalue weighted by Crippen LogP contribution is 2.18. The molecule has 1 heterocycles. The lowest BCUT2D eigenvalue weighted by molar-refractivity contribution is -0.132. The van der Waals surface area contributed by atoms with E-state index in [0.717, 1.165) is 22.5 Å². The van der Waals surface area contributed by atoms with Gasteiger partial charge < -0.3 is 10.2 Å². The quantitative estimate of drug-likeness (QED) is 0.483. The fraction of sp³-hybridized carbons (Fsp3) is 0.241. The Kier molecular flexibility index (Phi) is 8.24. The largest absolute Gasteiger partial charge is 0.326 e. The Labute approximate surface area is 211 Å². The Hall–Kier alpha value is -4.26. The smallest absolute Gasteiger partial charge is 0.243 e. The van der Waals surface area contributed by atoms with E-state index < -0.39 is 0 Å². The van der Waals surface area contributed by atoms with Crippen LogP contribution >= 0.6 is 0 Å². The summed E-state index contributed by atoms with van der Waals surface area (Å²) < 4.78 is 0. The molecule has 0 bridgehead atoms. The summed E-state index contributed by atoms with van der Waals surface area (Å²) in [6, 6.07) is 26.6. The normalized spacial score (nSPS) is 12.7. The van der Waals surface area contributed by atoms with Crippen LogP contribution < -0.4 is 10.2 Å². The zero-order chi connectivity index (χ0) is 25.3. The van der Waals surface area contributed by atoms with Crippen LogP contribution in [-0.2, 0) is 20.8 Å². The third kappa shape index (κ3) is 6.44. The first kappa shape index (κ1) is 24.9. The molecule has 1 N–H and O–H groups in total. The van der Waals surface area contributed by atoms with Crippen molar-refractivity contribution in [3.05, 3.63) is 96.1 Å². The molecule has 1 aliphatic heterocycles. The van der Waals surface area contributed by atoms with Gasteiger partial charge in [-0.25, -0.2) is 5.01 Å². The van der Waals surface area contributed by atoms with Gasteiger partial charge in [0.15, 0.2) is 0 Å². The van der Waals surface area contributed by atoms with E-state index in [9.17, 15) is 14.4 Å². The molecule has 7 heteroatoms. The molecule has 0 radical (unpaired) electrons. The topological polar surface area (TPSA) is 82.1 Å². The number of hydrazone groups is 1. The van der Waals surface area contributed by atoms with E-state index in [-0.39, 0.29) is 37.0 Å². The molecule has 0 atom stereocenters. The number of anilines is 2. The Bertz CT molecular complexity index is 1220. The van der Waals surface area contributed by atoms with Crippen LogP contribution in [-0.4, -0.2) is 41.5 Å². The second-order valence-electron chi connectivity index (χ2n) is 8.58. The maximum atomic E-state index is 12.8. The molecule has 0 aliphatic carbocycles. The van der Waals surface area contributed by atoms with E-state index in [2.05, 4.69) is 10.4 Å². The SMILES string of the molecule is CCN(C(=O)Cc1ccc(NC(=O)CCC(=O)N2CCC(c3ccccc3)=N2)cc1)c1ccccc1. The summed E-state index contributed by atoms with van der Waals surface area (Å²) in [6.45, 7) is 3.07. The lowest BCUT2D eigenvalue weighted by Crippen LogP contribution is -2.31. The van der Waals surface area contributed by atoms with Gasteiger partial charge in [-0.05, 0) is 42.3 Å². The first-order valence-corrected chi connectivity index (χ1v) is 12.2. The molecule has 0 saturated carbocycles. The van der Waals surface area contributed by atoms with Crippen molar-refractivity contribution in [3.63, 3.8) is 0 Å². The summed E-state index contributed by atoms with van der Waals surface area (Å²) in [6.07, 6.45) is 1.15. The van der Waals surface area contributed by atoms with Gasteiger partial charge in [0.1, 0.15) is 0 Å². The van der Waals surface area contributed by atoms with Crippen LogP contribution in [0.25, 0.3) is 0 Å². The number of carbonyl (C=O) groups excluding carboxylic acids is 3. The molecule has 0 unspecified atom stereocenters. The molecule has 4 rings (SSSR count). The van der Waals surface area contributed by atoms with Crippen molar-refractivity contribution in [2.75, 3.05) is 23.3 Å². The molecule has 7 nitrogen and oxygen atoms in total. The van der Waals surface area contributed by atoms with Gasteiger partial charge in [-0.2, -0.15) is 5.10 Å². The summed E-state index contributed by atoms with van der Waals surface area (Å²) in [4.78, 5) is 39.4. The third-order valence-corrected chi connectivity index (χ3v) is 6.04. The number of benzene rings is 3. The number of nitrogens with zero attached hydrogens (tertiary/aromatic N) is 3. The number of hydrogen-bond acceptors (Lipinski definition) is 4. The molecule has 3 aromatic rings. The van der Waals surface area contributed by atoms with Crippen molar-refractivity contribution in [1.29, 1.82) is 0 Å². The Balaban J connectivity index is 1.24. The number of para-hydroxylation sites is 1. The predicted octanol–water partition coefficient (Wildman–Crippen LogP) is 4.64. The Morgan fingerprint density at radius 2 is 1.56 bits per heavy atom. The maximum Gasteiger partial charge on any atom is 0.243 e. The number of nitrogens with one attached hydrogen (secondary N) is 1. The zero-order valence-corrected chi connectivity index (χ0v) is 20.4. The summed E-state index contributed by atoms with van der Waals surface area (Å²) in [5.74, 6) is -0.386. The lowest BCUT2D eigenvalue weighted by atomic mass is 10.1. The second kappa shape index (κ2) is 11.9. The average molecular weight is 483 g/mol. The van der Waals surface area contributed by atoms with E-state index >= 15 is 0 Å². The van der Waals surface area contributed by atoms with Crippen LogP contribution in [0.2, 0.25) is 0 Å².